The van der Waals surface area contributed by atoms with Crippen molar-refractivity contribution in [3.63, 3.8) is 0 Å². The minimum Gasteiger partial charge on any atom is -0.457 e. The molecule has 1 heterocycles. The quantitative estimate of drug-likeness (QED) is 0.894. The van der Waals surface area contributed by atoms with Gasteiger partial charge in [-0.3, -0.25) is 4.90 Å². The third kappa shape index (κ3) is 3.61. The number of ether oxygens (including phenoxy) is 1. The van der Waals surface area contributed by atoms with Gasteiger partial charge in [0.05, 0.1) is 6.61 Å². The van der Waals surface area contributed by atoms with E-state index >= 15 is 0 Å². The highest BCUT2D eigenvalue weighted by molar-refractivity contribution is 6.30. The van der Waals surface area contributed by atoms with Crippen LogP contribution in [0.1, 0.15) is 24.4 Å². The van der Waals surface area contributed by atoms with E-state index in [-0.39, 0.29) is 6.61 Å². The van der Waals surface area contributed by atoms with Crippen molar-refractivity contribution in [2.75, 3.05) is 19.7 Å². The summed E-state index contributed by atoms with van der Waals surface area (Å²) in [5, 5.41) is 9.85. The molecule has 1 fully saturated rings. The molecule has 2 aromatic rings. The first-order valence-corrected chi connectivity index (χ1v) is 8.02. The SMILES string of the molecule is OCCN1CCCC1c1ccc(Oc2ccc(Cl)cc2)cc1. The minimum atomic E-state index is 0.217. The number of hydrogen-bond donors (Lipinski definition) is 1. The molecule has 0 amide bonds. The molecule has 0 aliphatic carbocycles. The molecule has 3 nitrogen and oxygen atoms in total. The Bertz CT molecular complexity index is 597. The molecule has 1 N–H and O–H groups in total. The largest absolute Gasteiger partial charge is 0.457 e. The van der Waals surface area contributed by atoms with Gasteiger partial charge in [0.2, 0.25) is 0 Å². The minimum absolute atomic E-state index is 0.217. The highest BCUT2D eigenvalue weighted by atomic mass is 35.5. The Kier molecular flexibility index (Phi) is 4.98. The van der Waals surface area contributed by atoms with Crippen molar-refractivity contribution in [2.45, 2.75) is 18.9 Å². The molecular formula is C18H20ClNO2. The van der Waals surface area contributed by atoms with E-state index in [2.05, 4.69) is 17.0 Å². The second-order valence-corrected chi connectivity index (χ2v) is 5.98. The van der Waals surface area contributed by atoms with Crippen LogP contribution in [0.5, 0.6) is 11.5 Å². The van der Waals surface area contributed by atoms with Crippen molar-refractivity contribution in [3.05, 3.63) is 59.1 Å². The van der Waals surface area contributed by atoms with E-state index in [1.807, 2.05) is 36.4 Å². The maximum atomic E-state index is 9.15. The van der Waals surface area contributed by atoms with Crippen LogP contribution in [-0.2, 0) is 0 Å². The smallest absolute Gasteiger partial charge is 0.127 e. The Morgan fingerprint density at radius 1 is 1.05 bits per heavy atom. The van der Waals surface area contributed by atoms with Crippen LogP contribution < -0.4 is 4.74 Å². The first kappa shape index (κ1) is 15.3. The lowest BCUT2D eigenvalue weighted by molar-refractivity contribution is 0.185. The number of hydrogen-bond acceptors (Lipinski definition) is 3. The van der Waals surface area contributed by atoms with Gasteiger partial charge in [-0.25, -0.2) is 0 Å². The molecule has 0 bridgehead atoms. The number of likely N-dealkylation sites (tertiary alicyclic amines) is 1. The molecule has 1 atom stereocenters. The predicted molar refractivity (Wildman–Crippen MR) is 88.6 cm³/mol. The fourth-order valence-corrected chi connectivity index (χ4v) is 3.12. The lowest BCUT2D eigenvalue weighted by Gasteiger charge is -2.24. The van der Waals surface area contributed by atoms with E-state index in [0.717, 1.165) is 31.0 Å². The zero-order valence-electron chi connectivity index (χ0n) is 12.4. The molecule has 2 aromatic carbocycles. The molecule has 4 heteroatoms. The van der Waals surface area contributed by atoms with Crippen LogP contribution in [0.25, 0.3) is 0 Å². The molecule has 0 saturated carbocycles. The van der Waals surface area contributed by atoms with Gasteiger partial charge in [0, 0.05) is 17.6 Å². The molecule has 1 aliphatic heterocycles. The van der Waals surface area contributed by atoms with Crippen LogP contribution >= 0.6 is 11.6 Å². The topological polar surface area (TPSA) is 32.7 Å². The van der Waals surface area contributed by atoms with Crippen LogP contribution in [0.15, 0.2) is 48.5 Å². The fraction of sp³-hybridized carbons (Fsp3) is 0.333. The van der Waals surface area contributed by atoms with Crippen LogP contribution in [-0.4, -0.2) is 29.7 Å². The summed E-state index contributed by atoms with van der Waals surface area (Å²) in [5.74, 6) is 1.60. The van der Waals surface area contributed by atoms with E-state index in [0.29, 0.717) is 11.1 Å². The normalized spacial score (nSPS) is 18.5. The third-order valence-electron chi connectivity index (χ3n) is 4.07. The number of halogens is 1. The summed E-state index contributed by atoms with van der Waals surface area (Å²) >= 11 is 5.87. The number of benzene rings is 2. The second kappa shape index (κ2) is 7.14. The van der Waals surface area contributed by atoms with Crippen molar-refractivity contribution < 1.29 is 9.84 Å². The zero-order chi connectivity index (χ0) is 15.4. The summed E-state index contributed by atoms with van der Waals surface area (Å²) in [6.07, 6.45) is 2.34. The Morgan fingerprint density at radius 3 is 2.32 bits per heavy atom. The molecule has 22 heavy (non-hydrogen) atoms. The van der Waals surface area contributed by atoms with Gasteiger partial charge in [0.25, 0.3) is 0 Å². The monoisotopic (exact) mass is 317 g/mol. The van der Waals surface area contributed by atoms with Crippen LogP contribution in [0.3, 0.4) is 0 Å². The molecular weight excluding hydrogens is 298 g/mol. The van der Waals surface area contributed by atoms with E-state index in [1.165, 1.54) is 12.0 Å². The summed E-state index contributed by atoms with van der Waals surface area (Å²) in [6.45, 7) is 2.02. The van der Waals surface area contributed by atoms with Gasteiger partial charge in [-0.05, 0) is 61.3 Å². The van der Waals surface area contributed by atoms with Crippen molar-refractivity contribution >= 4 is 11.6 Å². The summed E-state index contributed by atoms with van der Waals surface area (Å²) in [6, 6.07) is 16.0. The second-order valence-electron chi connectivity index (χ2n) is 5.54. The lowest BCUT2D eigenvalue weighted by atomic mass is 10.0. The van der Waals surface area contributed by atoms with E-state index in [9.17, 15) is 0 Å². The summed E-state index contributed by atoms with van der Waals surface area (Å²) in [5.41, 5.74) is 1.29. The maximum absolute atomic E-state index is 9.15. The first-order chi connectivity index (χ1) is 10.8. The molecule has 0 radical (unpaired) electrons. The van der Waals surface area contributed by atoms with Gasteiger partial charge >= 0.3 is 0 Å². The van der Waals surface area contributed by atoms with Crippen LogP contribution in [0, 0.1) is 0 Å². The maximum Gasteiger partial charge on any atom is 0.127 e. The van der Waals surface area contributed by atoms with Crippen molar-refractivity contribution in [1.29, 1.82) is 0 Å². The molecule has 3 rings (SSSR count). The lowest BCUT2D eigenvalue weighted by Crippen LogP contribution is -2.26. The highest BCUT2D eigenvalue weighted by Crippen LogP contribution is 2.33. The molecule has 0 spiro atoms. The highest BCUT2D eigenvalue weighted by Gasteiger charge is 2.25. The van der Waals surface area contributed by atoms with E-state index < -0.39 is 0 Å². The number of aliphatic hydroxyl groups excluding tert-OH is 1. The van der Waals surface area contributed by atoms with Gasteiger partial charge in [0.15, 0.2) is 0 Å². The van der Waals surface area contributed by atoms with Gasteiger partial charge in [-0.1, -0.05) is 23.7 Å². The van der Waals surface area contributed by atoms with Crippen LogP contribution in [0.2, 0.25) is 5.02 Å². The first-order valence-electron chi connectivity index (χ1n) is 7.64. The Labute approximate surface area is 136 Å². The Hall–Kier alpha value is -1.55. The van der Waals surface area contributed by atoms with Gasteiger partial charge in [-0.2, -0.15) is 0 Å². The molecule has 116 valence electrons. The number of nitrogens with zero attached hydrogens (tertiary/aromatic N) is 1. The van der Waals surface area contributed by atoms with Crippen molar-refractivity contribution in [1.82, 2.24) is 4.90 Å². The van der Waals surface area contributed by atoms with Gasteiger partial charge in [-0.15, -0.1) is 0 Å². The molecule has 1 saturated heterocycles. The standard InChI is InChI=1S/C18H20ClNO2/c19-15-5-9-17(10-6-15)22-16-7-3-14(4-8-16)18-2-1-11-20(18)12-13-21/h3-10,18,21H,1-2,11-13H2. The molecule has 1 unspecified atom stereocenters. The predicted octanol–water partition coefficient (Wildman–Crippen LogP) is 4.26. The van der Waals surface area contributed by atoms with Crippen molar-refractivity contribution in [2.24, 2.45) is 0 Å². The van der Waals surface area contributed by atoms with Gasteiger partial charge < -0.3 is 9.84 Å². The summed E-state index contributed by atoms with van der Waals surface area (Å²) in [4.78, 5) is 2.34. The van der Waals surface area contributed by atoms with Crippen molar-refractivity contribution in [3.8, 4) is 11.5 Å². The van der Waals surface area contributed by atoms with E-state index in [1.54, 1.807) is 0 Å². The average molecular weight is 318 g/mol. The Morgan fingerprint density at radius 2 is 1.68 bits per heavy atom. The average Bonchev–Trinajstić information content (AvgIpc) is 2.99. The number of β-amino-alcohol motifs (C(OH)–C–C–N with tert-alkyl or cyclic N) is 1. The Balaban J connectivity index is 1.68. The van der Waals surface area contributed by atoms with Gasteiger partial charge in [0.1, 0.15) is 11.5 Å². The fourth-order valence-electron chi connectivity index (χ4n) is 3.00. The summed E-state index contributed by atoms with van der Waals surface area (Å²) in [7, 11) is 0. The number of aliphatic hydroxyl groups is 1. The summed E-state index contributed by atoms with van der Waals surface area (Å²) < 4.78 is 5.81. The number of rotatable bonds is 5. The molecule has 0 aromatic heterocycles. The van der Waals surface area contributed by atoms with Crippen LogP contribution in [0.4, 0.5) is 0 Å². The van der Waals surface area contributed by atoms with E-state index in [4.69, 9.17) is 21.4 Å². The molecule has 1 aliphatic rings. The zero-order valence-corrected chi connectivity index (χ0v) is 13.2. The third-order valence-corrected chi connectivity index (χ3v) is 4.32.